The van der Waals surface area contributed by atoms with Gasteiger partial charge in [-0.2, -0.15) is 0 Å². The van der Waals surface area contributed by atoms with Crippen LogP contribution in [0, 0.1) is 0 Å². The zero-order valence-electron chi connectivity index (χ0n) is 31.0. The summed E-state index contributed by atoms with van der Waals surface area (Å²) in [6.07, 6.45) is 0. The maximum atomic E-state index is 6.80. The van der Waals surface area contributed by atoms with Crippen LogP contribution in [-0.2, 0) is 0 Å². The number of hydrogen-bond donors (Lipinski definition) is 0. The monoisotopic (exact) mass is 729 g/mol. The fraction of sp³-hybridized carbons (Fsp3) is 0. The van der Waals surface area contributed by atoms with E-state index in [4.69, 9.17) is 8.83 Å². The van der Waals surface area contributed by atoms with Gasteiger partial charge in [0, 0.05) is 44.0 Å². The second kappa shape index (κ2) is 13.6. The summed E-state index contributed by atoms with van der Waals surface area (Å²) in [4.78, 5) is 2.32. The lowest BCUT2D eigenvalue weighted by Crippen LogP contribution is -2.10. The van der Waals surface area contributed by atoms with Gasteiger partial charge in [-0.25, -0.2) is 0 Å². The molecule has 11 aromatic rings. The molecule has 0 aliphatic carbocycles. The number of nitrogens with zero attached hydrogens (tertiary/aromatic N) is 1. The summed E-state index contributed by atoms with van der Waals surface area (Å²) in [5.74, 6) is 0. The molecule has 3 heteroatoms. The first-order chi connectivity index (χ1) is 28.3. The van der Waals surface area contributed by atoms with E-state index in [1.807, 2.05) is 12.1 Å². The van der Waals surface area contributed by atoms with Gasteiger partial charge in [-0.05, 0) is 75.8 Å². The quantitative estimate of drug-likeness (QED) is 0.164. The van der Waals surface area contributed by atoms with E-state index in [-0.39, 0.29) is 0 Å². The van der Waals surface area contributed by atoms with Crippen molar-refractivity contribution in [2.24, 2.45) is 0 Å². The van der Waals surface area contributed by atoms with E-state index in [0.717, 1.165) is 99.9 Å². The van der Waals surface area contributed by atoms with E-state index in [2.05, 4.69) is 205 Å². The molecule has 0 aliphatic rings. The van der Waals surface area contributed by atoms with Crippen LogP contribution in [0.4, 0.5) is 17.1 Å². The van der Waals surface area contributed by atoms with Crippen molar-refractivity contribution in [1.82, 2.24) is 0 Å². The normalized spacial score (nSPS) is 11.5. The molecule has 0 bridgehead atoms. The lowest BCUT2D eigenvalue weighted by molar-refractivity contribution is 0.669. The molecule has 268 valence electrons. The van der Waals surface area contributed by atoms with Crippen molar-refractivity contribution in [3.05, 3.63) is 212 Å². The van der Waals surface area contributed by atoms with Gasteiger partial charge in [0.05, 0.1) is 5.69 Å². The molecule has 3 nitrogen and oxygen atoms in total. The Bertz CT molecular complexity index is 3200. The summed E-state index contributed by atoms with van der Waals surface area (Å²) in [5.41, 5.74) is 15.5. The summed E-state index contributed by atoms with van der Waals surface area (Å²) in [7, 11) is 0. The van der Waals surface area contributed by atoms with Gasteiger partial charge in [-0.15, -0.1) is 0 Å². The first-order valence-electron chi connectivity index (χ1n) is 19.3. The van der Waals surface area contributed by atoms with Gasteiger partial charge in [0.2, 0.25) is 0 Å². The minimum Gasteiger partial charge on any atom is -0.455 e. The van der Waals surface area contributed by atoms with Gasteiger partial charge in [-0.3, -0.25) is 0 Å². The van der Waals surface area contributed by atoms with Crippen LogP contribution in [0.25, 0.3) is 88.4 Å². The molecule has 11 rings (SSSR count). The molecular weight excluding hydrogens is 695 g/mol. The summed E-state index contributed by atoms with van der Waals surface area (Å²) < 4.78 is 13.5. The van der Waals surface area contributed by atoms with E-state index in [1.54, 1.807) is 0 Å². The summed E-state index contributed by atoms with van der Waals surface area (Å²) in [6, 6.07) is 74.9. The predicted octanol–water partition coefficient (Wildman–Crippen LogP) is 15.6. The zero-order valence-corrected chi connectivity index (χ0v) is 31.0. The van der Waals surface area contributed by atoms with Gasteiger partial charge in [-0.1, -0.05) is 170 Å². The van der Waals surface area contributed by atoms with Crippen LogP contribution in [0.5, 0.6) is 0 Å². The fourth-order valence-electron chi connectivity index (χ4n) is 8.32. The third-order valence-electron chi connectivity index (χ3n) is 11.1. The summed E-state index contributed by atoms with van der Waals surface area (Å²) in [6.45, 7) is 0. The largest absolute Gasteiger partial charge is 0.455 e. The van der Waals surface area contributed by atoms with E-state index in [0.29, 0.717) is 0 Å². The summed E-state index contributed by atoms with van der Waals surface area (Å²) in [5, 5.41) is 4.39. The average Bonchev–Trinajstić information content (AvgIpc) is 3.87. The lowest BCUT2D eigenvalue weighted by atomic mass is 9.99. The van der Waals surface area contributed by atoms with E-state index in [9.17, 15) is 0 Å². The van der Waals surface area contributed by atoms with Crippen LogP contribution in [-0.4, -0.2) is 0 Å². The van der Waals surface area contributed by atoms with Crippen LogP contribution in [0.3, 0.4) is 0 Å². The van der Waals surface area contributed by atoms with Gasteiger partial charge in [0.1, 0.15) is 16.7 Å². The maximum Gasteiger partial charge on any atom is 0.159 e. The molecule has 9 aromatic carbocycles. The molecule has 57 heavy (non-hydrogen) atoms. The highest BCUT2D eigenvalue weighted by molar-refractivity contribution is 6.14. The predicted molar refractivity (Wildman–Crippen MR) is 237 cm³/mol. The van der Waals surface area contributed by atoms with E-state index in [1.165, 1.54) is 5.56 Å². The molecule has 0 amide bonds. The topological polar surface area (TPSA) is 29.5 Å². The van der Waals surface area contributed by atoms with Crippen molar-refractivity contribution < 1.29 is 8.83 Å². The lowest BCUT2D eigenvalue weighted by Gasteiger charge is -2.26. The van der Waals surface area contributed by atoms with Crippen molar-refractivity contribution in [3.63, 3.8) is 0 Å². The highest BCUT2D eigenvalue weighted by Gasteiger charge is 2.22. The first-order valence-corrected chi connectivity index (χ1v) is 19.3. The molecule has 0 saturated heterocycles. The van der Waals surface area contributed by atoms with Gasteiger partial charge in [0.25, 0.3) is 0 Å². The van der Waals surface area contributed by atoms with Crippen molar-refractivity contribution in [1.29, 1.82) is 0 Å². The smallest absolute Gasteiger partial charge is 0.159 e. The second-order valence-corrected chi connectivity index (χ2v) is 14.5. The first kappa shape index (κ1) is 32.8. The maximum absolute atomic E-state index is 6.80. The van der Waals surface area contributed by atoms with E-state index >= 15 is 0 Å². The van der Waals surface area contributed by atoms with Crippen LogP contribution in [0.15, 0.2) is 221 Å². The van der Waals surface area contributed by atoms with Crippen molar-refractivity contribution in [2.45, 2.75) is 0 Å². The van der Waals surface area contributed by atoms with Gasteiger partial charge >= 0.3 is 0 Å². The minimum absolute atomic E-state index is 0.841. The Morgan fingerprint density at radius 2 is 0.737 bits per heavy atom. The van der Waals surface area contributed by atoms with Gasteiger partial charge in [0.15, 0.2) is 5.58 Å². The second-order valence-electron chi connectivity index (χ2n) is 14.5. The number of benzene rings is 9. The fourth-order valence-corrected chi connectivity index (χ4v) is 8.32. The Morgan fingerprint density at radius 1 is 0.281 bits per heavy atom. The number of fused-ring (bicyclic) bond motifs is 6. The molecule has 0 fully saturated rings. The SMILES string of the molecule is c1ccc(-c2ccc(N(c3ccc(-c4cccc5c4oc4c(-c6ccccc6)cccc45)cc3)c3cc(-c4ccccc4)cc4c3oc3ccccc34)cc2)cc1. The van der Waals surface area contributed by atoms with E-state index < -0.39 is 0 Å². The van der Waals surface area contributed by atoms with Gasteiger partial charge < -0.3 is 13.7 Å². The molecule has 0 atom stereocenters. The molecule has 0 radical (unpaired) electrons. The summed E-state index contributed by atoms with van der Waals surface area (Å²) >= 11 is 0. The highest BCUT2D eigenvalue weighted by Crippen LogP contribution is 2.46. The van der Waals surface area contributed by atoms with Crippen LogP contribution in [0.2, 0.25) is 0 Å². The Hall–Kier alpha value is -7.62. The van der Waals surface area contributed by atoms with Crippen LogP contribution < -0.4 is 4.90 Å². The standard InChI is InChI=1S/C54H35NO2/c1-4-14-36(15-5-1)38-26-30-42(31-27-38)55(50-35-41(37-16-6-2-7-17-37)34-49-46-20-10-11-25-51(46)56-54(49)50)43-32-28-40(29-33-43)45-22-13-24-48-47-23-12-21-44(52(47)57-53(45)48)39-18-8-3-9-19-39/h1-35H. The number of anilines is 3. The number of para-hydroxylation sites is 3. The van der Waals surface area contributed by atoms with Crippen molar-refractivity contribution in [3.8, 4) is 44.5 Å². The molecule has 0 aliphatic heterocycles. The number of rotatable bonds is 7. The Morgan fingerprint density at radius 3 is 1.33 bits per heavy atom. The molecule has 0 spiro atoms. The molecule has 0 unspecified atom stereocenters. The molecule has 0 N–H and O–H groups in total. The number of furan rings is 2. The Balaban J connectivity index is 1.09. The third kappa shape index (κ3) is 5.68. The molecule has 2 heterocycles. The zero-order chi connectivity index (χ0) is 37.7. The Labute approximate surface area is 330 Å². The minimum atomic E-state index is 0.841. The molecule has 2 aromatic heterocycles. The number of hydrogen-bond acceptors (Lipinski definition) is 3. The van der Waals surface area contributed by atoms with Crippen molar-refractivity contribution in [2.75, 3.05) is 4.90 Å². The van der Waals surface area contributed by atoms with Crippen molar-refractivity contribution >= 4 is 60.9 Å². The Kier molecular flexibility index (Phi) is 7.82. The molecule has 0 saturated carbocycles. The third-order valence-corrected chi connectivity index (χ3v) is 11.1. The van der Waals surface area contributed by atoms with Crippen LogP contribution in [0.1, 0.15) is 0 Å². The highest BCUT2D eigenvalue weighted by atomic mass is 16.3. The molecular formula is C54H35NO2. The average molecular weight is 730 g/mol. The van der Waals surface area contributed by atoms with Crippen LogP contribution >= 0.6 is 0 Å².